The molecule has 0 saturated heterocycles. The van der Waals surface area contributed by atoms with Crippen LogP contribution in [0.2, 0.25) is 0 Å². The number of nitro groups is 1. The van der Waals surface area contributed by atoms with E-state index in [2.05, 4.69) is 15.0 Å². The Balaban J connectivity index is 1.55. The van der Waals surface area contributed by atoms with Gasteiger partial charge in [0.2, 0.25) is 5.91 Å². The smallest absolute Gasteiger partial charge is 0.387 e. The Morgan fingerprint density at radius 2 is 1.97 bits per heavy atom. The van der Waals surface area contributed by atoms with Crippen LogP contribution in [0.1, 0.15) is 5.76 Å². The van der Waals surface area contributed by atoms with E-state index in [4.69, 9.17) is 9.15 Å². The maximum absolute atomic E-state index is 13.2. The highest BCUT2D eigenvalue weighted by Crippen LogP contribution is 2.32. The van der Waals surface area contributed by atoms with Crippen LogP contribution in [-0.4, -0.2) is 41.4 Å². The number of rotatable bonds is 9. The van der Waals surface area contributed by atoms with Gasteiger partial charge in [-0.25, -0.2) is 4.99 Å². The lowest BCUT2D eigenvalue weighted by Crippen LogP contribution is -2.31. The molecule has 2 amide bonds. The van der Waals surface area contributed by atoms with E-state index in [1.165, 1.54) is 66.8 Å². The quantitative estimate of drug-likeness (QED) is 0.228. The zero-order valence-corrected chi connectivity index (χ0v) is 20.3. The molecule has 1 aliphatic heterocycles. The molecule has 1 aliphatic rings. The first-order valence-corrected chi connectivity index (χ1v) is 11.7. The number of anilines is 2. The highest BCUT2D eigenvalue weighted by Gasteiger charge is 2.33. The fourth-order valence-corrected chi connectivity index (χ4v) is 4.13. The summed E-state index contributed by atoms with van der Waals surface area (Å²) >= 11 is 0.897. The third-order valence-corrected chi connectivity index (χ3v) is 5.92. The standard InChI is InChI=1S/C24H18F2N4O7S/c1-35-16-8-9-18(20(12-16)30(33)34)27-21(31)13-38-24-28-19(11-17-3-2-10-36-17)22(32)29(24)14-4-6-15(7-5-14)37-23(25)26/h2-12,23H,13H2,1H3,(H,27,31)/b19-11+. The molecule has 4 rings (SSSR count). The number of hydrogen-bond acceptors (Lipinski definition) is 9. The number of carbonyl (C=O) groups excluding carboxylic acids is 2. The number of amides is 2. The van der Waals surface area contributed by atoms with Crippen molar-refractivity contribution < 1.29 is 37.2 Å². The van der Waals surface area contributed by atoms with E-state index in [1.54, 1.807) is 12.1 Å². The van der Waals surface area contributed by atoms with Crippen LogP contribution >= 0.6 is 11.8 Å². The highest BCUT2D eigenvalue weighted by molar-refractivity contribution is 8.14. The van der Waals surface area contributed by atoms with Gasteiger partial charge in [-0.15, -0.1) is 0 Å². The molecule has 38 heavy (non-hydrogen) atoms. The molecule has 14 heteroatoms. The van der Waals surface area contributed by atoms with Crippen molar-refractivity contribution in [3.63, 3.8) is 0 Å². The number of carbonyl (C=O) groups is 2. The zero-order chi connectivity index (χ0) is 27.2. The first kappa shape index (κ1) is 26.3. The Kier molecular flexibility index (Phi) is 8.01. The molecule has 0 saturated carbocycles. The lowest BCUT2D eigenvalue weighted by atomic mass is 10.2. The first-order chi connectivity index (χ1) is 18.2. The highest BCUT2D eigenvalue weighted by atomic mass is 32.2. The van der Waals surface area contributed by atoms with Crippen molar-refractivity contribution in [3.05, 3.63) is 82.4 Å². The summed E-state index contributed by atoms with van der Waals surface area (Å²) < 4.78 is 39.6. The molecule has 11 nitrogen and oxygen atoms in total. The number of amidine groups is 1. The molecule has 0 bridgehead atoms. The summed E-state index contributed by atoms with van der Waals surface area (Å²) in [7, 11) is 1.36. The summed E-state index contributed by atoms with van der Waals surface area (Å²) in [4.78, 5) is 42.1. The molecule has 1 N–H and O–H groups in total. The molecular weight excluding hydrogens is 526 g/mol. The molecule has 2 aromatic carbocycles. The van der Waals surface area contributed by atoms with Crippen LogP contribution in [0.15, 0.2) is 76.0 Å². The third-order valence-electron chi connectivity index (χ3n) is 4.98. The van der Waals surface area contributed by atoms with Crippen molar-refractivity contribution >= 4 is 51.9 Å². The number of furan rings is 1. The van der Waals surface area contributed by atoms with Crippen molar-refractivity contribution in [1.29, 1.82) is 0 Å². The number of nitro benzene ring substituents is 1. The Labute approximate surface area is 217 Å². The van der Waals surface area contributed by atoms with Crippen molar-refractivity contribution in [2.75, 3.05) is 23.1 Å². The number of methoxy groups -OCH3 is 1. The van der Waals surface area contributed by atoms with Crippen molar-refractivity contribution in [2.24, 2.45) is 4.99 Å². The monoisotopic (exact) mass is 544 g/mol. The average molecular weight is 544 g/mol. The van der Waals surface area contributed by atoms with E-state index in [0.717, 1.165) is 11.8 Å². The Bertz CT molecular complexity index is 1410. The minimum atomic E-state index is -3.01. The normalized spacial score (nSPS) is 14.1. The number of benzene rings is 2. The van der Waals surface area contributed by atoms with Gasteiger partial charge in [0.1, 0.15) is 28.6 Å². The number of nitrogens with zero attached hydrogens (tertiary/aromatic N) is 3. The molecule has 0 spiro atoms. The summed E-state index contributed by atoms with van der Waals surface area (Å²) in [5.41, 5.74) is -0.0818. The summed E-state index contributed by atoms with van der Waals surface area (Å²) in [6.45, 7) is -3.01. The predicted octanol–water partition coefficient (Wildman–Crippen LogP) is 4.91. The molecule has 0 radical (unpaired) electrons. The number of alkyl halides is 2. The van der Waals surface area contributed by atoms with Gasteiger partial charge in [0.25, 0.3) is 11.6 Å². The molecule has 0 aliphatic carbocycles. The van der Waals surface area contributed by atoms with Gasteiger partial charge in [0.15, 0.2) is 5.17 Å². The third kappa shape index (κ3) is 6.15. The molecule has 0 unspecified atom stereocenters. The van der Waals surface area contributed by atoms with E-state index in [0.29, 0.717) is 5.76 Å². The van der Waals surface area contributed by atoms with Gasteiger partial charge in [0.05, 0.1) is 35.8 Å². The van der Waals surface area contributed by atoms with E-state index in [-0.39, 0.29) is 45.2 Å². The molecule has 196 valence electrons. The first-order valence-electron chi connectivity index (χ1n) is 10.7. The predicted molar refractivity (Wildman–Crippen MR) is 135 cm³/mol. The Morgan fingerprint density at radius 1 is 1.24 bits per heavy atom. The largest absolute Gasteiger partial charge is 0.496 e. The lowest BCUT2D eigenvalue weighted by molar-refractivity contribution is -0.384. The van der Waals surface area contributed by atoms with Gasteiger partial charge in [-0.2, -0.15) is 8.78 Å². The fourth-order valence-electron chi connectivity index (χ4n) is 3.32. The van der Waals surface area contributed by atoms with E-state index < -0.39 is 23.3 Å². The van der Waals surface area contributed by atoms with Gasteiger partial charge in [-0.05, 0) is 48.5 Å². The van der Waals surface area contributed by atoms with Crippen molar-refractivity contribution in [2.45, 2.75) is 6.61 Å². The van der Waals surface area contributed by atoms with E-state index in [1.807, 2.05) is 0 Å². The number of aliphatic imine (C=N–C) groups is 1. The van der Waals surface area contributed by atoms with E-state index in [9.17, 15) is 28.5 Å². The fraction of sp³-hybridized carbons (Fsp3) is 0.125. The zero-order valence-electron chi connectivity index (χ0n) is 19.5. The number of ether oxygens (including phenoxy) is 2. The second-order valence-electron chi connectivity index (χ2n) is 7.43. The Hall–Kier alpha value is -4.72. The van der Waals surface area contributed by atoms with Gasteiger partial charge >= 0.3 is 6.61 Å². The van der Waals surface area contributed by atoms with Crippen LogP contribution < -0.4 is 19.7 Å². The summed E-state index contributed by atoms with van der Waals surface area (Å²) in [5.74, 6) is -0.881. The number of nitrogens with one attached hydrogen (secondary N) is 1. The topological polar surface area (TPSA) is 137 Å². The summed E-state index contributed by atoms with van der Waals surface area (Å²) in [6, 6.07) is 12.5. The molecular formula is C24H18F2N4O7S. The maximum Gasteiger partial charge on any atom is 0.387 e. The maximum atomic E-state index is 13.2. The summed E-state index contributed by atoms with van der Waals surface area (Å²) in [5, 5.41) is 14.0. The van der Waals surface area contributed by atoms with Gasteiger partial charge < -0.3 is 19.2 Å². The van der Waals surface area contributed by atoms with Crippen LogP contribution in [0.5, 0.6) is 11.5 Å². The van der Waals surface area contributed by atoms with Crippen LogP contribution in [0.4, 0.5) is 25.8 Å². The number of halogens is 2. The van der Waals surface area contributed by atoms with Crippen LogP contribution in [0.25, 0.3) is 6.08 Å². The second kappa shape index (κ2) is 11.6. The van der Waals surface area contributed by atoms with Gasteiger partial charge in [-0.1, -0.05) is 11.8 Å². The SMILES string of the molecule is COc1ccc(NC(=O)CSC2=N/C(=C/c3ccco3)C(=O)N2c2ccc(OC(F)F)cc2)c([N+](=O)[O-])c1. The average Bonchev–Trinajstić information content (AvgIpc) is 3.51. The summed E-state index contributed by atoms with van der Waals surface area (Å²) in [6.07, 6.45) is 2.84. The van der Waals surface area contributed by atoms with E-state index >= 15 is 0 Å². The minimum absolute atomic E-state index is 0.0153. The van der Waals surface area contributed by atoms with Crippen LogP contribution in [-0.2, 0) is 9.59 Å². The Morgan fingerprint density at radius 3 is 2.61 bits per heavy atom. The second-order valence-corrected chi connectivity index (χ2v) is 8.37. The number of hydrogen-bond donors (Lipinski definition) is 1. The van der Waals surface area contributed by atoms with Crippen molar-refractivity contribution in [1.82, 2.24) is 0 Å². The molecule has 2 heterocycles. The van der Waals surface area contributed by atoms with Crippen molar-refractivity contribution in [3.8, 4) is 11.5 Å². The van der Waals surface area contributed by atoms with Gasteiger partial charge in [0, 0.05) is 6.08 Å². The molecule has 0 atom stereocenters. The molecule has 3 aromatic rings. The van der Waals surface area contributed by atoms with Crippen LogP contribution in [0, 0.1) is 10.1 Å². The number of thioether (sulfide) groups is 1. The van der Waals surface area contributed by atoms with Gasteiger partial charge in [-0.3, -0.25) is 24.6 Å². The lowest BCUT2D eigenvalue weighted by Gasteiger charge is -2.18. The minimum Gasteiger partial charge on any atom is -0.496 e. The molecule has 1 aromatic heterocycles. The van der Waals surface area contributed by atoms with Crippen LogP contribution in [0.3, 0.4) is 0 Å². The molecule has 0 fully saturated rings.